The van der Waals surface area contributed by atoms with Crippen molar-refractivity contribution < 1.29 is 9.18 Å². The lowest BCUT2D eigenvalue weighted by atomic mass is 10.00. The number of aromatic nitrogens is 3. The first-order valence-electron chi connectivity index (χ1n) is 7.40. The van der Waals surface area contributed by atoms with E-state index in [-0.39, 0.29) is 29.5 Å². The van der Waals surface area contributed by atoms with Gasteiger partial charge >= 0.3 is 0 Å². The van der Waals surface area contributed by atoms with Crippen LogP contribution in [0.15, 0.2) is 24.3 Å². The van der Waals surface area contributed by atoms with E-state index in [9.17, 15) is 9.18 Å². The lowest BCUT2D eigenvalue weighted by Crippen LogP contribution is -2.11. The molecule has 0 N–H and O–H groups in total. The monoisotopic (exact) mass is 285 g/mol. The van der Waals surface area contributed by atoms with E-state index >= 15 is 0 Å². The molecule has 2 unspecified atom stereocenters. The second-order valence-electron chi connectivity index (χ2n) is 6.05. The molecular weight excluding hydrogens is 269 g/mol. The van der Waals surface area contributed by atoms with Gasteiger partial charge in [0.1, 0.15) is 11.6 Å². The van der Waals surface area contributed by atoms with Crippen LogP contribution in [-0.4, -0.2) is 20.5 Å². The van der Waals surface area contributed by atoms with Crippen LogP contribution in [0.5, 0.6) is 0 Å². The molecule has 0 amide bonds. The third-order valence-electron chi connectivity index (χ3n) is 4.40. The molecule has 1 fully saturated rings. The number of halogens is 1. The predicted molar refractivity (Wildman–Crippen MR) is 74.6 cm³/mol. The Bertz CT molecular complexity index is 720. The standard InChI is InChI=1S/C16H16FN3O/c1-9-8-13(11-4-2-3-5-12(11)17)20-16(9)18-15(19-20)14(21)10-6-7-10/h2-5,9-10,13H,6-8H2,1H3. The Morgan fingerprint density at radius 2 is 2.10 bits per heavy atom. The molecule has 0 bridgehead atoms. The van der Waals surface area contributed by atoms with E-state index in [0.29, 0.717) is 11.4 Å². The van der Waals surface area contributed by atoms with Crippen molar-refractivity contribution in [1.29, 1.82) is 0 Å². The van der Waals surface area contributed by atoms with Gasteiger partial charge in [-0.15, -0.1) is 5.10 Å². The fourth-order valence-corrected chi connectivity index (χ4v) is 3.08. The van der Waals surface area contributed by atoms with Crippen LogP contribution in [0, 0.1) is 11.7 Å². The Morgan fingerprint density at radius 1 is 1.33 bits per heavy atom. The second-order valence-corrected chi connectivity index (χ2v) is 6.05. The van der Waals surface area contributed by atoms with Gasteiger partial charge in [0.05, 0.1) is 6.04 Å². The average Bonchev–Trinajstić information content (AvgIpc) is 3.15. The number of ketones is 1. The molecule has 21 heavy (non-hydrogen) atoms. The largest absolute Gasteiger partial charge is 0.290 e. The van der Waals surface area contributed by atoms with Crippen molar-refractivity contribution in [2.45, 2.75) is 38.1 Å². The number of Topliss-reactive ketones (excluding diaryl/α,β-unsaturated/α-hetero) is 1. The molecule has 4 rings (SSSR count). The van der Waals surface area contributed by atoms with Crippen molar-refractivity contribution in [2.75, 3.05) is 0 Å². The van der Waals surface area contributed by atoms with Crippen molar-refractivity contribution in [3.8, 4) is 0 Å². The molecule has 2 aromatic rings. The van der Waals surface area contributed by atoms with Crippen LogP contribution >= 0.6 is 0 Å². The van der Waals surface area contributed by atoms with Crippen LogP contribution in [0.25, 0.3) is 0 Å². The molecule has 0 saturated heterocycles. The molecule has 2 heterocycles. The van der Waals surface area contributed by atoms with Gasteiger partial charge in [-0.2, -0.15) is 0 Å². The van der Waals surface area contributed by atoms with Gasteiger partial charge in [0.25, 0.3) is 0 Å². The van der Waals surface area contributed by atoms with E-state index in [2.05, 4.69) is 10.1 Å². The number of rotatable bonds is 3. The summed E-state index contributed by atoms with van der Waals surface area (Å²) in [5.74, 6) is 1.20. The lowest BCUT2D eigenvalue weighted by Gasteiger charge is -2.12. The summed E-state index contributed by atoms with van der Waals surface area (Å²) in [6.45, 7) is 2.05. The number of hydrogen-bond donors (Lipinski definition) is 0. The van der Waals surface area contributed by atoms with E-state index in [4.69, 9.17) is 0 Å². The first-order chi connectivity index (χ1) is 10.1. The van der Waals surface area contributed by atoms with Crippen LogP contribution in [0.1, 0.15) is 60.2 Å². The van der Waals surface area contributed by atoms with Gasteiger partial charge in [0, 0.05) is 17.4 Å². The molecule has 2 aliphatic rings. The zero-order chi connectivity index (χ0) is 14.6. The minimum Gasteiger partial charge on any atom is -0.290 e. The maximum absolute atomic E-state index is 14.0. The summed E-state index contributed by atoms with van der Waals surface area (Å²) >= 11 is 0. The van der Waals surface area contributed by atoms with Gasteiger partial charge in [0.15, 0.2) is 0 Å². The highest BCUT2D eigenvalue weighted by Crippen LogP contribution is 2.40. The van der Waals surface area contributed by atoms with Gasteiger partial charge in [-0.05, 0) is 25.3 Å². The van der Waals surface area contributed by atoms with Crippen molar-refractivity contribution in [1.82, 2.24) is 14.8 Å². The highest BCUT2D eigenvalue weighted by Gasteiger charge is 2.38. The third kappa shape index (κ3) is 1.99. The highest BCUT2D eigenvalue weighted by atomic mass is 19.1. The van der Waals surface area contributed by atoms with Crippen LogP contribution in [0.2, 0.25) is 0 Å². The highest BCUT2D eigenvalue weighted by molar-refractivity contribution is 5.95. The Hall–Kier alpha value is -2.04. The molecule has 1 aromatic heterocycles. The SMILES string of the molecule is CC1CC(c2ccccc2F)n2nc(C(=O)C3CC3)nc21. The van der Waals surface area contributed by atoms with E-state index < -0.39 is 0 Å². The molecular formula is C16H16FN3O. The Morgan fingerprint density at radius 3 is 2.81 bits per heavy atom. The van der Waals surface area contributed by atoms with Crippen molar-refractivity contribution in [3.63, 3.8) is 0 Å². The van der Waals surface area contributed by atoms with E-state index in [0.717, 1.165) is 25.1 Å². The van der Waals surface area contributed by atoms with Gasteiger partial charge < -0.3 is 0 Å². The first-order valence-corrected chi connectivity index (χ1v) is 7.40. The molecule has 1 saturated carbocycles. The minimum absolute atomic E-state index is 0.0383. The van der Waals surface area contributed by atoms with Crippen molar-refractivity contribution >= 4 is 5.78 Å². The zero-order valence-corrected chi connectivity index (χ0v) is 11.8. The Balaban J connectivity index is 1.75. The summed E-state index contributed by atoms with van der Waals surface area (Å²) in [5.41, 5.74) is 0.624. The number of nitrogens with zero attached hydrogens (tertiary/aromatic N) is 3. The van der Waals surface area contributed by atoms with Crippen LogP contribution < -0.4 is 0 Å². The third-order valence-corrected chi connectivity index (χ3v) is 4.40. The number of fused-ring (bicyclic) bond motifs is 1. The minimum atomic E-state index is -0.229. The van der Waals surface area contributed by atoms with Gasteiger partial charge in [-0.25, -0.2) is 14.1 Å². The molecule has 1 aliphatic heterocycles. The van der Waals surface area contributed by atoms with Crippen molar-refractivity contribution in [2.24, 2.45) is 5.92 Å². The summed E-state index contributed by atoms with van der Waals surface area (Å²) in [5, 5.41) is 4.39. The lowest BCUT2D eigenvalue weighted by molar-refractivity contribution is 0.0957. The maximum atomic E-state index is 14.0. The quantitative estimate of drug-likeness (QED) is 0.814. The Kier molecular flexibility index (Phi) is 2.71. The van der Waals surface area contributed by atoms with Gasteiger partial charge in [-0.1, -0.05) is 25.1 Å². The molecule has 1 aliphatic carbocycles. The molecule has 2 atom stereocenters. The summed E-state index contributed by atoms with van der Waals surface area (Å²) in [7, 11) is 0. The fraction of sp³-hybridized carbons (Fsp3) is 0.438. The molecule has 0 spiro atoms. The topological polar surface area (TPSA) is 47.8 Å². The normalized spacial score (nSPS) is 24.1. The smallest absolute Gasteiger partial charge is 0.217 e. The predicted octanol–water partition coefficient (Wildman–Crippen LogP) is 3.11. The van der Waals surface area contributed by atoms with Gasteiger partial charge in [-0.3, -0.25) is 4.79 Å². The Labute approximate surface area is 122 Å². The summed E-state index contributed by atoms with van der Waals surface area (Å²) in [4.78, 5) is 16.5. The van der Waals surface area contributed by atoms with E-state index in [1.165, 1.54) is 6.07 Å². The summed E-state index contributed by atoms with van der Waals surface area (Å²) < 4.78 is 15.8. The van der Waals surface area contributed by atoms with Crippen LogP contribution in [0.3, 0.4) is 0 Å². The maximum Gasteiger partial charge on any atom is 0.217 e. The molecule has 4 nitrogen and oxygen atoms in total. The summed E-state index contributed by atoms with van der Waals surface area (Å²) in [6, 6.07) is 6.59. The fourth-order valence-electron chi connectivity index (χ4n) is 3.08. The molecule has 1 aromatic carbocycles. The first kappa shape index (κ1) is 12.7. The van der Waals surface area contributed by atoms with Gasteiger partial charge in [0.2, 0.25) is 11.6 Å². The van der Waals surface area contributed by atoms with Crippen LogP contribution in [0.4, 0.5) is 4.39 Å². The number of carbonyl (C=O) groups is 1. The molecule has 108 valence electrons. The molecule has 0 radical (unpaired) electrons. The van der Waals surface area contributed by atoms with Crippen molar-refractivity contribution in [3.05, 3.63) is 47.3 Å². The number of benzene rings is 1. The van der Waals surface area contributed by atoms with E-state index in [1.54, 1.807) is 16.8 Å². The second kappa shape index (κ2) is 4.48. The molecule has 5 heteroatoms. The zero-order valence-electron chi connectivity index (χ0n) is 11.8. The average molecular weight is 285 g/mol. The van der Waals surface area contributed by atoms with E-state index in [1.807, 2.05) is 13.0 Å². The summed E-state index contributed by atoms with van der Waals surface area (Å²) in [6.07, 6.45) is 2.65. The number of carbonyl (C=O) groups excluding carboxylic acids is 1. The van der Waals surface area contributed by atoms with Crippen LogP contribution in [-0.2, 0) is 0 Å². The number of hydrogen-bond acceptors (Lipinski definition) is 3.